The van der Waals surface area contributed by atoms with E-state index in [2.05, 4.69) is 15.1 Å². The third-order valence-electron chi connectivity index (χ3n) is 7.33. The van der Waals surface area contributed by atoms with E-state index in [4.69, 9.17) is 26.5 Å². The number of benzene rings is 4. The average Bonchev–Trinajstić information content (AvgIpc) is 3.45. The van der Waals surface area contributed by atoms with Gasteiger partial charge in [0, 0.05) is 5.56 Å². The fourth-order valence-electron chi connectivity index (χ4n) is 5.21. The van der Waals surface area contributed by atoms with Crippen molar-refractivity contribution >= 4 is 39.4 Å². The maximum atomic E-state index is 16.8. The summed E-state index contributed by atoms with van der Waals surface area (Å²) in [7, 11) is 0. The minimum atomic E-state index is -2.17. The van der Waals surface area contributed by atoms with Crippen molar-refractivity contribution in [3.05, 3.63) is 136 Å². The van der Waals surface area contributed by atoms with Crippen LogP contribution in [-0.2, 0) is 6.61 Å². The first-order valence-electron chi connectivity index (χ1n) is 13.8. The monoisotopic (exact) mass is 621 g/mol. The quantitative estimate of drug-likeness (QED) is 0.194. The molecule has 3 aromatic heterocycles. The van der Waals surface area contributed by atoms with Gasteiger partial charge in [-0.05, 0) is 53.6 Å². The van der Waals surface area contributed by atoms with Crippen molar-refractivity contribution < 1.29 is 17.9 Å². The second-order valence-corrected chi connectivity index (χ2v) is 10.6. The Balaban J connectivity index is 1.36. The molecule has 3 heterocycles. The molecular weight excluding hydrogens is 600 g/mol. The number of ether oxygens (including phenoxy) is 1. The molecule has 7 rings (SSSR count). The van der Waals surface area contributed by atoms with Crippen LogP contribution in [0.2, 0.25) is 5.02 Å². The van der Waals surface area contributed by atoms with E-state index in [0.29, 0.717) is 22.9 Å². The van der Waals surface area contributed by atoms with Crippen LogP contribution in [0, 0.1) is 5.82 Å². The zero-order valence-electron chi connectivity index (χ0n) is 23.3. The summed E-state index contributed by atoms with van der Waals surface area (Å²) in [6, 6.07) is 26.4. The van der Waals surface area contributed by atoms with Crippen molar-refractivity contribution in [1.29, 1.82) is 0 Å². The molecule has 222 valence electrons. The van der Waals surface area contributed by atoms with Crippen molar-refractivity contribution in [1.82, 2.24) is 19.7 Å². The molecule has 1 atom stereocenters. The van der Waals surface area contributed by atoms with Gasteiger partial charge in [0.2, 0.25) is 5.43 Å². The third-order valence-corrected chi connectivity index (χ3v) is 7.63. The molecule has 2 N–H and O–H groups in total. The summed E-state index contributed by atoms with van der Waals surface area (Å²) in [5.74, 6) is -0.473. The van der Waals surface area contributed by atoms with Gasteiger partial charge in [0.1, 0.15) is 41.6 Å². The van der Waals surface area contributed by atoms with E-state index in [-0.39, 0.29) is 50.4 Å². The summed E-state index contributed by atoms with van der Waals surface area (Å²) in [6.07, 6.45) is -0.987. The molecule has 0 bridgehead atoms. The summed E-state index contributed by atoms with van der Waals surface area (Å²) >= 11 is 6.60. The van der Waals surface area contributed by atoms with Gasteiger partial charge >= 0.3 is 0 Å². The molecule has 4 aromatic carbocycles. The molecule has 0 aliphatic rings. The molecule has 0 saturated heterocycles. The van der Waals surface area contributed by atoms with Crippen molar-refractivity contribution in [2.24, 2.45) is 0 Å². The molecule has 11 heteroatoms. The number of anilines is 1. The molecule has 0 radical (unpaired) electrons. The fraction of sp³-hybridized carbons (Fsp3) is 0.0588. The Kier molecular flexibility index (Phi) is 7.19. The van der Waals surface area contributed by atoms with E-state index in [1.807, 2.05) is 30.3 Å². The molecule has 8 nitrogen and oxygen atoms in total. The predicted molar refractivity (Wildman–Crippen MR) is 168 cm³/mol. The minimum absolute atomic E-state index is 0.0477. The molecule has 7 aromatic rings. The Morgan fingerprint density at radius 3 is 2.53 bits per heavy atom. The minimum Gasteiger partial charge on any atom is -0.487 e. The zero-order chi connectivity index (χ0) is 31.1. The van der Waals surface area contributed by atoms with Crippen molar-refractivity contribution in [3.63, 3.8) is 0 Å². The van der Waals surface area contributed by atoms with Crippen molar-refractivity contribution in [2.75, 3.05) is 5.73 Å². The van der Waals surface area contributed by atoms with E-state index in [9.17, 15) is 9.18 Å². The van der Waals surface area contributed by atoms with Crippen LogP contribution in [0.15, 0.2) is 113 Å². The smallest absolute Gasteiger partial charge is 0.251 e. The summed E-state index contributed by atoms with van der Waals surface area (Å²) in [4.78, 5) is 22.1. The molecule has 0 spiro atoms. The zero-order valence-corrected chi connectivity index (χ0v) is 24.1. The van der Waals surface area contributed by atoms with Crippen LogP contribution in [0.25, 0.3) is 44.4 Å². The average molecular weight is 622 g/mol. The van der Waals surface area contributed by atoms with E-state index in [0.717, 1.165) is 16.3 Å². The highest BCUT2D eigenvalue weighted by atomic mass is 35.5. The highest BCUT2D eigenvalue weighted by Gasteiger charge is 2.30. The Labute approximate surface area is 259 Å². The van der Waals surface area contributed by atoms with Gasteiger partial charge in [-0.3, -0.25) is 4.79 Å². The Bertz CT molecular complexity index is 2270. The summed E-state index contributed by atoms with van der Waals surface area (Å²) in [5.41, 5.74) is 7.66. The number of nitrogens with two attached hydrogens (primary N) is 1. The van der Waals surface area contributed by atoms with Gasteiger partial charge in [-0.1, -0.05) is 66.2 Å². The number of rotatable bonds is 7. The molecule has 0 saturated carbocycles. The number of nitrogen functional groups attached to an aromatic ring is 1. The summed E-state index contributed by atoms with van der Waals surface area (Å²) in [6.45, 7) is 0.312. The van der Waals surface area contributed by atoms with Crippen LogP contribution in [0.1, 0.15) is 17.6 Å². The second-order valence-electron chi connectivity index (χ2n) is 10.2. The number of alkyl halides is 1. The first-order valence-corrected chi connectivity index (χ1v) is 14.2. The van der Waals surface area contributed by atoms with Gasteiger partial charge in [-0.15, -0.1) is 0 Å². The number of para-hydroxylation sites is 1. The number of aromatic nitrogens is 4. The second kappa shape index (κ2) is 11.5. The van der Waals surface area contributed by atoms with Gasteiger partial charge in [-0.25, -0.2) is 23.4 Å². The van der Waals surface area contributed by atoms with Crippen LogP contribution in [0.3, 0.4) is 0 Å². The van der Waals surface area contributed by atoms with Crippen LogP contribution >= 0.6 is 11.6 Å². The molecular formula is C34H22ClF2N5O3. The van der Waals surface area contributed by atoms with E-state index in [1.165, 1.54) is 24.5 Å². The summed E-state index contributed by atoms with van der Waals surface area (Å²) in [5, 5.41) is 5.33. The lowest BCUT2D eigenvalue weighted by Crippen LogP contribution is -2.15. The fourth-order valence-corrected chi connectivity index (χ4v) is 5.45. The lowest BCUT2D eigenvalue weighted by molar-refractivity contribution is 0.237. The van der Waals surface area contributed by atoms with E-state index in [1.54, 1.807) is 42.5 Å². The highest BCUT2D eigenvalue weighted by molar-refractivity contribution is 6.32. The molecule has 0 aliphatic heterocycles. The molecule has 0 aliphatic carbocycles. The van der Waals surface area contributed by atoms with Crippen LogP contribution in [0.4, 0.5) is 14.6 Å². The van der Waals surface area contributed by atoms with Crippen molar-refractivity contribution in [3.8, 4) is 28.1 Å². The lowest BCUT2D eigenvalue weighted by atomic mass is 10.0. The first kappa shape index (κ1) is 28.2. The van der Waals surface area contributed by atoms with E-state index < -0.39 is 17.5 Å². The highest BCUT2D eigenvalue weighted by Crippen LogP contribution is 2.39. The number of fused-ring (bicyclic) bond motifs is 2. The lowest BCUT2D eigenvalue weighted by Gasteiger charge is -2.14. The van der Waals surface area contributed by atoms with E-state index >= 15 is 4.39 Å². The van der Waals surface area contributed by atoms with Gasteiger partial charge in [0.25, 0.3) is 6.30 Å². The summed E-state index contributed by atoms with van der Waals surface area (Å²) < 4.78 is 44.0. The molecule has 1 unspecified atom stereocenters. The van der Waals surface area contributed by atoms with Crippen LogP contribution in [0.5, 0.6) is 5.75 Å². The Morgan fingerprint density at radius 2 is 1.73 bits per heavy atom. The maximum absolute atomic E-state index is 16.8. The number of hydrogen-bond donors (Lipinski definition) is 1. The largest absolute Gasteiger partial charge is 0.487 e. The molecule has 45 heavy (non-hydrogen) atoms. The third kappa shape index (κ3) is 5.15. The Morgan fingerprint density at radius 1 is 0.933 bits per heavy atom. The van der Waals surface area contributed by atoms with Crippen LogP contribution in [-0.4, -0.2) is 19.7 Å². The number of halogens is 3. The van der Waals surface area contributed by atoms with Crippen LogP contribution < -0.4 is 15.9 Å². The normalized spacial score (nSPS) is 12.1. The predicted octanol–water partition coefficient (Wildman–Crippen LogP) is 7.74. The van der Waals surface area contributed by atoms with Gasteiger partial charge in [0.15, 0.2) is 11.4 Å². The number of hydrogen-bond acceptors (Lipinski definition) is 7. The first-order chi connectivity index (χ1) is 21.9. The maximum Gasteiger partial charge on any atom is 0.251 e. The van der Waals surface area contributed by atoms with Gasteiger partial charge < -0.3 is 14.9 Å². The molecule has 0 amide bonds. The Hall–Kier alpha value is -5.61. The van der Waals surface area contributed by atoms with Crippen molar-refractivity contribution in [2.45, 2.75) is 12.9 Å². The van der Waals surface area contributed by atoms with Gasteiger partial charge in [0.05, 0.1) is 21.4 Å². The SMILES string of the molecule is Nc1ncnc2c1c(-c1ccc(OCc3ccccc3)c(Cl)c1)nn2C(F)c1oc2ccccc2c(=O)c1-c1cccc(F)c1. The molecule has 0 fully saturated rings. The number of nitrogens with zero attached hydrogens (tertiary/aromatic N) is 4. The van der Waals surface area contributed by atoms with Gasteiger partial charge in [-0.2, -0.15) is 5.10 Å². The topological polar surface area (TPSA) is 109 Å². The standard InChI is InChI=1S/C34H22ClF2N5O3/c35-24-16-21(13-14-26(24)44-17-19-7-2-1-3-8-19)29-28-33(38)39-18-40-34(28)42(41-29)32(37)31-27(20-9-6-10-22(36)15-20)30(43)23-11-4-5-12-25(23)45-31/h1-16,18,32H,17H2,(H2,38,39,40).